The van der Waals surface area contributed by atoms with Crippen molar-refractivity contribution in [3.05, 3.63) is 49.1 Å². The summed E-state index contributed by atoms with van der Waals surface area (Å²) in [5.41, 5.74) is 5.41. The lowest BCUT2D eigenvalue weighted by molar-refractivity contribution is 0.103. The Balaban J connectivity index is 2.29. The molecule has 2 nitrogen and oxygen atoms in total. The Labute approximate surface area is 126 Å². The Hall–Kier alpha value is -1.13. The van der Waals surface area contributed by atoms with Crippen LogP contribution in [0, 0.1) is 27.7 Å². The van der Waals surface area contributed by atoms with Gasteiger partial charge in [-0.3, -0.25) is 4.79 Å². The molecular formula is C15H16BrNOS. The van der Waals surface area contributed by atoms with E-state index in [1.54, 1.807) is 0 Å². The first kappa shape index (κ1) is 14.3. The van der Waals surface area contributed by atoms with Crippen molar-refractivity contribution in [2.75, 3.05) is 5.32 Å². The lowest BCUT2D eigenvalue weighted by Crippen LogP contribution is -2.12. The molecule has 1 aromatic carbocycles. The molecule has 0 spiro atoms. The highest BCUT2D eigenvalue weighted by Crippen LogP contribution is 2.29. The fourth-order valence-electron chi connectivity index (χ4n) is 2.12. The molecule has 100 valence electrons. The van der Waals surface area contributed by atoms with Crippen LogP contribution < -0.4 is 5.32 Å². The Bertz CT molecular complexity index is 603. The van der Waals surface area contributed by atoms with Crippen LogP contribution in [0.3, 0.4) is 0 Å². The number of carbonyl (C=O) groups is 1. The van der Waals surface area contributed by atoms with Gasteiger partial charge in [0.15, 0.2) is 0 Å². The van der Waals surface area contributed by atoms with Crippen molar-refractivity contribution in [2.45, 2.75) is 27.7 Å². The molecule has 1 heterocycles. The molecule has 2 rings (SSSR count). The number of aryl methyl sites for hydroxylation is 4. The number of nitrogens with one attached hydrogen (secondary N) is 1. The molecular weight excluding hydrogens is 322 g/mol. The topological polar surface area (TPSA) is 29.1 Å². The van der Waals surface area contributed by atoms with Gasteiger partial charge in [-0.05, 0) is 66.4 Å². The normalized spacial score (nSPS) is 10.6. The largest absolute Gasteiger partial charge is 0.321 e. The monoisotopic (exact) mass is 337 g/mol. The molecule has 2 aromatic rings. The molecule has 0 saturated carbocycles. The van der Waals surface area contributed by atoms with Gasteiger partial charge in [0.25, 0.3) is 5.91 Å². The van der Waals surface area contributed by atoms with E-state index >= 15 is 0 Å². The highest BCUT2D eigenvalue weighted by molar-refractivity contribution is 9.11. The third-order valence-electron chi connectivity index (χ3n) is 3.00. The quantitative estimate of drug-likeness (QED) is 0.821. The van der Waals surface area contributed by atoms with E-state index in [4.69, 9.17) is 0 Å². The zero-order valence-electron chi connectivity index (χ0n) is 11.4. The van der Waals surface area contributed by atoms with Crippen LogP contribution in [0.1, 0.15) is 31.9 Å². The molecule has 0 bridgehead atoms. The molecule has 0 unspecified atom stereocenters. The zero-order chi connectivity index (χ0) is 14.2. The van der Waals surface area contributed by atoms with E-state index in [0.717, 1.165) is 31.0 Å². The summed E-state index contributed by atoms with van der Waals surface area (Å²) in [5, 5.41) is 3.01. The number of thiophene rings is 1. The number of rotatable bonds is 2. The Morgan fingerprint density at radius 3 is 2.11 bits per heavy atom. The van der Waals surface area contributed by atoms with Gasteiger partial charge in [0.1, 0.15) is 0 Å². The van der Waals surface area contributed by atoms with Crippen LogP contribution in [0.4, 0.5) is 5.69 Å². The summed E-state index contributed by atoms with van der Waals surface area (Å²) in [4.78, 5) is 13.0. The third kappa shape index (κ3) is 3.07. The standard InChI is InChI=1S/C15H16BrNOS/c1-8-5-9(2)13(10(3)6-8)17-15(18)12-7-11(4)14(16)19-12/h5-7H,1-4H3,(H,17,18). The first-order chi connectivity index (χ1) is 8.88. The van der Waals surface area contributed by atoms with Crippen molar-refractivity contribution in [3.63, 3.8) is 0 Å². The fraction of sp³-hybridized carbons (Fsp3) is 0.267. The number of benzene rings is 1. The predicted octanol–water partition coefficient (Wildman–Crippen LogP) is 5.00. The van der Waals surface area contributed by atoms with Gasteiger partial charge >= 0.3 is 0 Å². The molecule has 4 heteroatoms. The molecule has 0 aliphatic carbocycles. The van der Waals surface area contributed by atoms with Crippen molar-refractivity contribution < 1.29 is 4.79 Å². The molecule has 1 N–H and O–H groups in total. The van der Waals surface area contributed by atoms with Gasteiger partial charge in [-0.25, -0.2) is 0 Å². The molecule has 19 heavy (non-hydrogen) atoms. The van der Waals surface area contributed by atoms with Crippen molar-refractivity contribution >= 4 is 38.9 Å². The Morgan fingerprint density at radius 2 is 1.63 bits per heavy atom. The van der Waals surface area contributed by atoms with E-state index in [1.165, 1.54) is 16.9 Å². The van der Waals surface area contributed by atoms with E-state index in [2.05, 4.69) is 40.3 Å². The second-order valence-corrected chi connectivity index (χ2v) is 7.17. The van der Waals surface area contributed by atoms with Gasteiger partial charge in [0.2, 0.25) is 0 Å². The van der Waals surface area contributed by atoms with Crippen LogP contribution in [-0.4, -0.2) is 5.91 Å². The molecule has 1 amide bonds. The summed E-state index contributed by atoms with van der Waals surface area (Å²) in [6, 6.07) is 6.07. The summed E-state index contributed by atoms with van der Waals surface area (Å²) in [6.45, 7) is 8.08. The van der Waals surface area contributed by atoms with Crippen LogP contribution in [0.15, 0.2) is 22.0 Å². The summed E-state index contributed by atoms with van der Waals surface area (Å²) in [5.74, 6) is -0.0474. The first-order valence-electron chi connectivity index (χ1n) is 6.03. The maximum absolute atomic E-state index is 12.2. The smallest absolute Gasteiger partial charge is 0.265 e. The molecule has 0 aliphatic heterocycles. The van der Waals surface area contributed by atoms with Crippen LogP contribution in [-0.2, 0) is 0 Å². The SMILES string of the molecule is Cc1cc(C)c(NC(=O)c2cc(C)c(Br)s2)c(C)c1. The number of hydrogen-bond acceptors (Lipinski definition) is 2. The molecule has 0 saturated heterocycles. The molecule has 1 aromatic heterocycles. The number of anilines is 1. The van der Waals surface area contributed by atoms with Gasteiger partial charge in [0, 0.05) is 5.69 Å². The van der Waals surface area contributed by atoms with E-state index < -0.39 is 0 Å². The van der Waals surface area contributed by atoms with Gasteiger partial charge in [-0.15, -0.1) is 11.3 Å². The third-order valence-corrected chi connectivity index (χ3v) is 5.13. The molecule has 0 atom stereocenters. The Kier molecular flexibility index (Phi) is 4.11. The second kappa shape index (κ2) is 5.47. The van der Waals surface area contributed by atoms with Crippen LogP contribution >= 0.6 is 27.3 Å². The van der Waals surface area contributed by atoms with Crippen molar-refractivity contribution in [1.82, 2.24) is 0 Å². The summed E-state index contributed by atoms with van der Waals surface area (Å²) in [6.07, 6.45) is 0. The number of carbonyl (C=O) groups excluding carboxylic acids is 1. The fourth-order valence-corrected chi connectivity index (χ4v) is 3.55. The van der Waals surface area contributed by atoms with Crippen LogP contribution in [0.25, 0.3) is 0 Å². The van der Waals surface area contributed by atoms with E-state index in [0.29, 0.717) is 0 Å². The Morgan fingerprint density at radius 1 is 1.05 bits per heavy atom. The average molecular weight is 338 g/mol. The molecule has 0 aliphatic rings. The molecule has 0 fully saturated rings. The predicted molar refractivity (Wildman–Crippen MR) is 85.4 cm³/mol. The van der Waals surface area contributed by atoms with Gasteiger partial charge in [-0.2, -0.15) is 0 Å². The highest BCUT2D eigenvalue weighted by atomic mass is 79.9. The summed E-state index contributed by atoms with van der Waals surface area (Å²) >= 11 is 4.91. The lowest BCUT2D eigenvalue weighted by atomic mass is 10.1. The van der Waals surface area contributed by atoms with Crippen molar-refractivity contribution in [3.8, 4) is 0 Å². The number of halogens is 1. The maximum Gasteiger partial charge on any atom is 0.265 e. The van der Waals surface area contributed by atoms with E-state index in [9.17, 15) is 4.79 Å². The zero-order valence-corrected chi connectivity index (χ0v) is 13.8. The van der Waals surface area contributed by atoms with Gasteiger partial charge in [-0.1, -0.05) is 17.7 Å². The second-order valence-electron chi connectivity index (χ2n) is 4.80. The number of hydrogen-bond donors (Lipinski definition) is 1. The minimum Gasteiger partial charge on any atom is -0.321 e. The minimum absolute atomic E-state index is 0.0474. The summed E-state index contributed by atoms with van der Waals surface area (Å²) in [7, 11) is 0. The van der Waals surface area contributed by atoms with Crippen molar-refractivity contribution in [2.24, 2.45) is 0 Å². The van der Waals surface area contributed by atoms with Crippen LogP contribution in [0.5, 0.6) is 0 Å². The molecule has 0 radical (unpaired) electrons. The number of amides is 1. The van der Waals surface area contributed by atoms with Crippen LogP contribution in [0.2, 0.25) is 0 Å². The maximum atomic E-state index is 12.2. The highest BCUT2D eigenvalue weighted by Gasteiger charge is 2.13. The average Bonchev–Trinajstić information content (AvgIpc) is 2.64. The minimum atomic E-state index is -0.0474. The van der Waals surface area contributed by atoms with Gasteiger partial charge < -0.3 is 5.32 Å². The summed E-state index contributed by atoms with van der Waals surface area (Å²) < 4.78 is 1.01. The van der Waals surface area contributed by atoms with Crippen molar-refractivity contribution in [1.29, 1.82) is 0 Å². The van der Waals surface area contributed by atoms with E-state index in [1.807, 2.05) is 26.8 Å². The lowest BCUT2D eigenvalue weighted by Gasteiger charge is -2.12. The first-order valence-corrected chi connectivity index (χ1v) is 7.64. The van der Waals surface area contributed by atoms with Gasteiger partial charge in [0.05, 0.1) is 8.66 Å². The van der Waals surface area contributed by atoms with E-state index in [-0.39, 0.29) is 5.91 Å².